The first-order valence-corrected chi connectivity index (χ1v) is 4.37. The van der Waals surface area contributed by atoms with Crippen LogP contribution in [-0.2, 0) is 6.42 Å². The zero-order valence-electron chi connectivity index (χ0n) is 8.16. The van der Waals surface area contributed by atoms with Crippen LogP contribution >= 0.6 is 0 Å². The molecule has 0 saturated heterocycles. The first-order chi connectivity index (χ1) is 6.60. The van der Waals surface area contributed by atoms with E-state index in [0.29, 0.717) is 12.0 Å². The van der Waals surface area contributed by atoms with Gasteiger partial charge in [0.2, 0.25) is 0 Å². The van der Waals surface area contributed by atoms with Gasteiger partial charge in [0.25, 0.3) is 0 Å². The molecule has 0 bridgehead atoms. The molecular weight excluding hydrogens is 178 g/mol. The molecule has 0 aliphatic rings. The van der Waals surface area contributed by atoms with Crippen molar-refractivity contribution in [3.05, 3.63) is 28.8 Å². The van der Waals surface area contributed by atoms with E-state index in [1.54, 1.807) is 0 Å². The van der Waals surface area contributed by atoms with E-state index in [0.717, 1.165) is 5.56 Å². The number of nitrogens with zero attached hydrogens (tertiary/aromatic N) is 1. The van der Waals surface area contributed by atoms with Crippen molar-refractivity contribution in [3.8, 4) is 11.8 Å². The van der Waals surface area contributed by atoms with Crippen molar-refractivity contribution >= 4 is 5.78 Å². The molecule has 14 heavy (non-hydrogen) atoms. The smallest absolute Gasteiger partial charge is 0.163 e. The lowest BCUT2D eigenvalue weighted by atomic mass is 10.00. The van der Waals surface area contributed by atoms with Crippen LogP contribution in [0.15, 0.2) is 12.1 Å². The van der Waals surface area contributed by atoms with Crippen LogP contribution in [0.4, 0.5) is 0 Å². The van der Waals surface area contributed by atoms with E-state index >= 15 is 0 Å². The van der Waals surface area contributed by atoms with Crippen molar-refractivity contribution in [2.75, 3.05) is 0 Å². The third-order valence-electron chi connectivity index (χ3n) is 2.10. The molecule has 1 aromatic rings. The molecule has 3 heteroatoms. The Hall–Kier alpha value is -1.82. The van der Waals surface area contributed by atoms with Crippen LogP contribution in [0.2, 0.25) is 0 Å². The summed E-state index contributed by atoms with van der Waals surface area (Å²) in [6, 6.07) is 4.93. The van der Waals surface area contributed by atoms with Gasteiger partial charge in [-0.2, -0.15) is 5.26 Å². The molecule has 1 aromatic carbocycles. The molecule has 0 aliphatic carbocycles. The molecule has 0 fully saturated rings. The third kappa shape index (κ3) is 1.74. The van der Waals surface area contributed by atoms with E-state index in [1.807, 2.05) is 13.0 Å². The average Bonchev–Trinajstić information content (AvgIpc) is 2.16. The monoisotopic (exact) mass is 189 g/mol. The first-order valence-electron chi connectivity index (χ1n) is 4.37. The van der Waals surface area contributed by atoms with Gasteiger partial charge < -0.3 is 5.11 Å². The molecule has 0 aromatic heterocycles. The fourth-order valence-electron chi connectivity index (χ4n) is 1.31. The summed E-state index contributed by atoms with van der Waals surface area (Å²) in [7, 11) is 0. The van der Waals surface area contributed by atoms with E-state index in [4.69, 9.17) is 5.26 Å². The van der Waals surface area contributed by atoms with E-state index < -0.39 is 0 Å². The molecule has 3 nitrogen and oxygen atoms in total. The van der Waals surface area contributed by atoms with Crippen LogP contribution in [0.1, 0.15) is 35.3 Å². The normalized spacial score (nSPS) is 9.50. The van der Waals surface area contributed by atoms with Crippen LogP contribution in [0.3, 0.4) is 0 Å². The summed E-state index contributed by atoms with van der Waals surface area (Å²) in [5.74, 6) is -0.282. The van der Waals surface area contributed by atoms with Crippen LogP contribution in [0, 0.1) is 11.3 Å². The molecule has 72 valence electrons. The molecule has 0 atom stereocenters. The third-order valence-corrected chi connectivity index (χ3v) is 2.10. The highest BCUT2D eigenvalue weighted by Crippen LogP contribution is 2.23. The SMILES string of the molecule is CCc1cc(O)c(C(C)=O)cc1C#N. The van der Waals surface area contributed by atoms with E-state index in [2.05, 4.69) is 0 Å². The standard InChI is InChI=1S/C11H11NO2/c1-3-8-5-11(14)10(7(2)13)4-9(8)6-12/h4-5,14H,3H2,1-2H3. The van der Waals surface area contributed by atoms with Crippen molar-refractivity contribution in [1.29, 1.82) is 5.26 Å². The maximum absolute atomic E-state index is 11.1. The summed E-state index contributed by atoms with van der Waals surface area (Å²) in [6.07, 6.45) is 0.661. The number of phenols is 1. The van der Waals surface area contributed by atoms with Gasteiger partial charge in [0.05, 0.1) is 17.2 Å². The topological polar surface area (TPSA) is 61.1 Å². The summed E-state index contributed by atoms with van der Waals surface area (Å²) >= 11 is 0. The van der Waals surface area contributed by atoms with Crippen molar-refractivity contribution in [2.45, 2.75) is 20.3 Å². The minimum Gasteiger partial charge on any atom is -0.507 e. The largest absolute Gasteiger partial charge is 0.507 e. The summed E-state index contributed by atoms with van der Waals surface area (Å²) in [6.45, 7) is 3.25. The Morgan fingerprint density at radius 2 is 2.21 bits per heavy atom. The number of aryl methyl sites for hydroxylation is 1. The van der Waals surface area contributed by atoms with Gasteiger partial charge in [0.15, 0.2) is 5.78 Å². The summed E-state index contributed by atoms with van der Waals surface area (Å²) in [5, 5.41) is 18.3. The maximum Gasteiger partial charge on any atom is 0.163 e. The molecule has 0 spiro atoms. The molecule has 0 unspecified atom stereocenters. The second-order valence-corrected chi connectivity index (χ2v) is 3.05. The van der Waals surface area contributed by atoms with Crippen LogP contribution in [-0.4, -0.2) is 10.9 Å². The molecule has 1 rings (SSSR count). The number of Topliss-reactive ketones (excluding diaryl/α,β-unsaturated/α-hetero) is 1. The molecule has 0 amide bonds. The average molecular weight is 189 g/mol. The predicted octanol–water partition coefficient (Wildman–Crippen LogP) is 2.03. The van der Waals surface area contributed by atoms with Crippen LogP contribution in [0.25, 0.3) is 0 Å². The lowest BCUT2D eigenvalue weighted by Crippen LogP contribution is -1.97. The van der Waals surface area contributed by atoms with E-state index in [-0.39, 0.29) is 17.1 Å². The summed E-state index contributed by atoms with van der Waals surface area (Å²) in [4.78, 5) is 11.1. The number of phenolic OH excluding ortho intramolecular Hbond substituents is 1. The Balaban J connectivity index is 3.40. The number of ketones is 1. The van der Waals surface area contributed by atoms with Crippen molar-refractivity contribution in [1.82, 2.24) is 0 Å². The second-order valence-electron chi connectivity index (χ2n) is 3.05. The van der Waals surface area contributed by atoms with E-state index in [9.17, 15) is 9.90 Å². The highest BCUT2D eigenvalue weighted by atomic mass is 16.3. The first kappa shape index (κ1) is 10.3. The summed E-state index contributed by atoms with van der Waals surface area (Å²) < 4.78 is 0. The molecule has 0 radical (unpaired) electrons. The minimum absolute atomic E-state index is 0.0478. The van der Waals surface area contributed by atoms with E-state index in [1.165, 1.54) is 19.1 Å². The fourth-order valence-corrected chi connectivity index (χ4v) is 1.31. The van der Waals surface area contributed by atoms with Gasteiger partial charge in [0, 0.05) is 0 Å². The molecular formula is C11H11NO2. The Kier molecular flexibility index (Phi) is 2.88. The number of benzene rings is 1. The zero-order chi connectivity index (χ0) is 10.7. The Morgan fingerprint density at radius 1 is 1.57 bits per heavy atom. The molecule has 1 N–H and O–H groups in total. The van der Waals surface area contributed by atoms with Gasteiger partial charge in [-0.05, 0) is 31.0 Å². The number of carbonyl (C=O) groups excluding carboxylic acids is 1. The van der Waals surface area contributed by atoms with Gasteiger partial charge in [-0.25, -0.2) is 0 Å². The lowest BCUT2D eigenvalue weighted by molar-refractivity contribution is 0.101. The zero-order valence-corrected chi connectivity index (χ0v) is 8.16. The fraction of sp³-hybridized carbons (Fsp3) is 0.273. The number of hydrogen-bond donors (Lipinski definition) is 1. The van der Waals surface area contributed by atoms with Crippen LogP contribution < -0.4 is 0 Å². The van der Waals surface area contributed by atoms with Gasteiger partial charge in [-0.15, -0.1) is 0 Å². The lowest BCUT2D eigenvalue weighted by Gasteiger charge is -2.05. The maximum atomic E-state index is 11.1. The number of nitriles is 1. The van der Waals surface area contributed by atoms with Gasteiger partial charge in [-0.1, -0.05) is 6.92 Å². The quantitative estimate of drug-likeness (QED) is 0.724. The molecule has 0 aliphatic heterocycles. The minimum atomic E-state index is -0.235. The highest BCUT2D eigenvalue weighted by Gasteiger charge is 2.10. The van der Waals surface area contributed by atoms with Crippen molar-refractivity contribution in [2.24, 2.45) is 0 Å². The van der Waals surface area contributed by atoms with Gasteiger partial charge >= 0.3 is 0 Å². The Labute approximate surface area is 82.6 Å². The highest BCUT2D eigenvalue weighted by molar-refractivity contribution is 5.97. The van der Waals surface area contributed by atoms with Crippen molar-refractivity contribution in [3.63, 3.8) is 0 Å². The Bertz CT molecular complexity index is 416. The van der Waals surface area contributed by atoms with Gasteiger partial charge in [-0.3, -0.25) is 4.79 Å². The Morgan fingerprint density at radius 3 is 2.64 bits per heavy atom. The predicted molar refractivity (Wildman–Crippen MR) is 52.2 cm³/mol. The van der Waals surface area contributed by atoms with Crippen molar-refractivity contribution < 1.29 is 9.90 Å². The number of carbonyl (C=O) groups is 1. The number of rotatable bonds is 2. The number of hydrogen-bond acceptors (Lipinski definition) is 3. The summed E-state index contributed by atoms with van der Waals surface area (Å²) in [5.41, 5.74) is 1.42. The second kappa shape index (κ2) is 3.93. The molecule has 0 saturated carbocycles. The van der Waals surface area contributed by atoms with Crippen LogP contribution in [0.5, 0.6) is 5.75 Å². The molecule has 0 heterocycles. The van der Waals surface area contributed by atoms with Gasteiger partial charge in [0.1, 0.15) is 5.75 Å². The number of aromatic hydroxyl groups is 1.